The Kier molecular flexibility index (Phi) is 7.63. The van der Waals surface area contributed by atoms with Crippen LogP contribution >= 0.6 is 0 Å². The highest BCUT2D eigenvalue weighted by Crippen LogP contribution is 2.24. The van der Waals surface area contributed by atoms with E-state index in [-0.39, 0.29) is 6.54 Å². The summed E-state index contributed by atoms with van der Waals surface area (Å²) in [6.07, 6.45) is 0.897. The van der Waals surface area contributed by atoms with E-state index in [1.54, 1.807) is 7.11 Å². The van der Waals surface area contributed by atoms with Crippen LogP contribution in [0.2, 0.25) is 0 Å². The number of aryl methyl sites for hydroxylation is 1. The average Bonchev–Trinajstić information content (AvgIpc) is 2.70. The Balaban J connectivity index is 0.000000575. The Morgan fingerprint density at radius 3 is 2.27 bits per heavy atom. The van der Waals surface area contributed by atoms with Crippen LogP contribution in [-0.2, 0) is 11.2 Å². The SMILES string of the molecule is CCc1ccc2oc(-c3ccc(OC)cc3)cc(=[NH+]CC(=O)O)c2c1.F[B-](F)(F)F. The second-order valence-corrected chi connectivity index (χ2v) is 6.18. The monoisotopic (exact) mass is 425 g/mol. The zero-order valence-corrected chi connectivity index (χ0v) is 16.3. The number of hydrogen-bond donors (Lipinski definition) is 2. The van der Waals surface area contributed by atoms with Gasteiger partial charge in [0, 0.05) is 5.56 Å². The van der Waals surface area contributed by atoms with Crippen molar-refractivity contribution in [2.45, 2.75) is 13.3 Å². The van der Waals surface area contributed by atoms with Gasteiger partial charge in [0.25, 0.3) is 0 Å². The van der Waals surface area contributed by atoms with E-state index >= 15 is 0 Å². The number of nitrogens with one attached hydrogen (secondary N) is 1. The van der Waals surface area contributed by atoms with Gasteiger partial charge in [0.2, 0.25) is 11.9 Å². The standard InChI is InChI=1S/C20H19NO4.BF4/c1-3-13-4-9-18-16(10-13)17(21-12-20(22)23)11-19(25-18)14-5-7-15(24-2)8-6-14;2-1(3,4)5/h4-11H,3,12H2,1-2H3,(H,22,23);/q;-1/p+1. The molecular formula is C20H20BF4NO4. The molecule has 2 N–H and O–H groups in total. The van der Waals surface area contributed by atoms with Crippen molar-refractivity contribution in [2.24, 2.45) is 0 Å². The summed E-state index contributed by atoms with van der Waals surface area (Å²) >= 11 is 0. The third kappa shape index (κ3) is 6.95. The predicted molar refractivity (Wildman–Crippen MR) is 104 cm³/mol. The Morgan fingerprint density at radius 2 is 1.73 bits per heavy atom. The van der Waals surface area contributed by atoms with E-state index in [4.69, 9.17) is 14.3 Å². The number of rotatable bonds is 5. The normalized spacial score (nSPS) is 11.7. The molecule has 1 heterocycles. The molecule has 0 amide bonds. The molecule has 0 radical (unpaired) electrons. The van der Waals surface area contributed by atoms with E-state index in [1.165, 1.54) is 5.56 Å². The van der Waals surface area contributed by atoms with Gasteiger partial charge in [-0.3, -0.25) is 0 Å². The second kappa shape index (κ2) is 9.95. The van der Waals surface area contributed by atoms with Crippen molar-refractivity contribution in [3.05, 3.63) is 59.5 Å². The molecule has 0 spiro atoms. The lowest BCUT2D eigenvalue weighted by molar-refractivity contribution is -0.488. The van der Waals surface area contributed by atoms with Crippen LogP contribution < -0.4 is 15.1 Å². The number of carboxylic acid groups (broad SMARTS) is 1. The van der Waals surface area contributed by atoms with E-state index in [0.717, 1.165) is 28.5 Å². The number of carboxylic acids is 1. The van der Waals surface area contributed by atoms with Crippen LogP contribution in [0.25, 0.3) is 22.3 Å². The Bertz CT molecular complexity index is 1070. The number of fused-ring (bicyclic) bond motifs is 1. The van der Waals surface area contributed by atoms with Gasteiger partial charge in [-0.2, -0.15) is 0 Å². The molecule has 2 aromatic carbocycles. The third-order valence-corrected chi connectivity index (χ3v) is 4.04. The maximum absolute atomic E-state index is 11.0. The molecule has 0 aliphatic rings. The maximum Gasteiger partial charge on any atom is 0.673 e. The lowest BCUT2D eigenvalue weighted by Gasteiger charge is -2.05. The number of ether oxygens (including phenoxy) is 1. The maximum atomic E-state index is 11.0. The van der Waals surface area contributed by atoms with E-state index in [1.807, 2.05) is 48.5 Å². The van der Waals surface area contributed by atoms with Crippen LogP contribution in [0.5, 0.6) is 5.75 Å². The molecule has 0 unspecified atom stereocenters. The van der Waals surface area contributed by atoms with Crippen LogP contribution in [0, 0.1) is 0 Å². The summed E-state index contributed by atoms with van der Waals surface area (Å²) in [5.74, 6) is 0.514. The second-order valence-electron chi connectivity index (χ2n) is 6.18. The van der Waals surface area contributed by atoms with Crippen molar-refractivity contribution in [1.29, 1.82) is 0 Å². The Labute approximate surface area is 169 Å². The molecule has 5 nitrogen and oxygen atoms in total. The van der Waals surface area contributed by atoms with Gasteiger partial charge >= 0.3 is 13.2 Å². The molecule has 30 heavy (non-hydrogen) atoms. The molecule has 0 fully saturated rings. The summed E-state index contributed by atoms with van der Waals surface area (Å²) in [4.78, 5) is 13.9. The van der Waals surface area contributed by atoms with Crippen molar-refractivity contribution in [3.8, 4) is 17.1 Å². The van der Waals surface area contributed by atoms with Crippen molar-refractivity contribution in [3.63, 3.8) is 0 Å². The minimum atomic E-state index is -6.00. The number of hydrogen-bond acceptors (Lipinski definition) is 3. The topological polar surface area (TPSA) is 73.6 Å². The quantitative estimate of drug-likeness (QED) is 0.487. The minimum Gasteiger partial charge on any atom is -0.497 e. The van der Waals surface area contributed by atoms with E-state index in [9.17, 15) is 22.1 Å². The number of carbonyl (C=O) groups is 1. The van der Waals surface area contributed by atoms with Crippen LogP contribution in [0.1, 0.15) is 12.5 Å². The summed E-state index contributed by atoms with van der Waals surface area (Å²) in [5.41, 5.74) is 2.76. The molecular weight excluding hydrogens is 405 g/mol. The van der Waals surface area contributed by atoms with Crippen molar-refractivity contribution in [2.75, 3.05) is 13.7 Å². The summed E-state index contributed by atoms with van der Waals surface area (Å²) in [6, 6.07) is 15.3. The van der Waals surface area contributed by atoms with Gasteiger partial charge in [-0.05, 0) is 48.4 Å². The molecule has 0 saturated carbocycles. The smallest absolute Gasteiger partial charge is 0.497 e. The zero-order chi connectivity index (χ0) is 22.3. The predicted octanol–water partition coefficient (Wildman–Crippen LogP) is 3.04. The van der Waals surface area contributed by atoms with Gasteiger partial charge in [0.05, 0.1) is 18.6 Å². The first-order valence-electron chi connectivity index (χ1n) is 8.98. The summed E-state index contributed by atoms with van der Waals surface area (Å²) < 4.78 is 50.2. The fourth-order valence-corrected chi connectivity index (χ4v) is 2.67. The molecule has 0 aliphatic carbocycles. The Hall–Kier alpha value is -3.30. The molecule has 1 aromatic heterocycles. The third-order valence-electron chi connectivity index (χ3n) is 4.04. The zero-order valence-electron chi connectivity index (χ0n) is 16.3. The Morgan fingerprint density at radius 1 is 1.10 bits per heavy atom. The number of methoxy groups -OCH3 is 1. The average molecular weight is 425 g/mol. The summed E-state index contributed by atoms with van der Waals surface area (Å²) in [6.45, 7) is 1.92. The highest BCUT2D eigenvalue weighted by Gasteiger charge is 2.20. The van der Waals surface area contributed by atoms with Gasteiger partial charge in [-0.1, -0.05) is 13.0 Å². The molecule has 0 aliphatic heterocycles. The van der Waals surface area contributed by atoms with Crippen molar-refractivity contribution in [1.82, 2.24) is 0 Å². The van der Waals surface area contributed by atoms with E-state index in [2.05, 4.69) is 11.9 Å². The first-order chi connectivity index (χ1) is 14.1. The van der Waals surface area contributed by atoms with Crippen LogP contribution in [0.4, 0.5) is 17.3 Å². The highest BCUT2D eigenvalue weighted by atomic mass is 19.5. The van der Waals surface area contributed by atoms with Gasteiger partial charge in [0.1, 0.15) is 17.1 Å². The van der Waals surface area contributed by atoms with Crippen LogP contribution in [0.3, 0.4) is 0 Å². The summed E-state index contributed by atoms with van der Waals surface area (Å²) in [5, 5.41) is 10.6. The van der Waals surface area contributed by atoms with E-state index < -0.39 is 13.2 Å². The fourth-order valence-electron chi connectivity index (χ4n) is 2.67. The summed E-state index contributed by atoms with van der Waals surface area (Å²) in [7, 11) is -4.38. The largest absolute Gasteiger partial charge is 0.673 e. The molecule has 0 atom stereocenters. The number of benzene rings is 2. The van der Waals surface area contributed by atoms with Crippen LogP contribution in [0.15, 0.2) is 52.9 Å². The lowest BCUT2D eigenvalue weighted by Crippen LogP contribution is -2.78. The molecule has 3 aromatic rings. The minimum absolute atomic E-state index is 0.155. The van der Waals surface area contributed by atoms with Crippen LogP contribution in [-0.4, -0.2) is 32.0 Å². The first-order valence-corrected chi connectivity index (χ1v) is 8.98. The first kappa shape index (κ1) is 23.0. The number of aliphatic carboxylic acids is 1. The van der Waals surface area contributed by atoms with Gasteiger partial charge in [-0.15, -0.1) is 0 Å². The lowest BCUT2D eigenvalue weighted by atomic mass is 10.1. The van der Waals surface area contributed by atoms with Crippen molar-refractivity contribution >= 4 is 24.2 Å². The van der Waals surface area contributed by atoms with Gasteiger partial charge in [0.15, 0.2) is 0 Å². The number of halogens is 4. The highest BCUT2D eigenvalue weighted by molar-refractivity contribution is 6.50. The van der Waals surface area contributed by atoms with Crippen molar-refractivity contribution < 1.29 is 41.3 Å². The molecule has 3 rings (SSSR count). The van der Waals surface area contributed by atoms with Gasteiger partial charge in [-0.25, -0.2) is 9.79 Å². The molecule has 0 bridgehead atoms. The van der Waals surface area contributed by atoms with Gasteiger partial charge < -0.3 is 31.5 Å². The molecule has 10 heteroatoms. The molecule has 0 saturated heterocycles. The van der Waals surface area contributed by atoms with E-state index in [0.29, 0.717) is 11.3 Å². The molecule has 160 valence electrons. The fraction of sp³-hybridized carbons (Fsp3) is 0.200.